The molecule has 0 unspecified atom stereocenters. The second-order valence-corrected chi connectivity index (χ2v) is 3.23. The fourth-order valence-electron chi connectivity index (χ4n) is 1.12. The molecule has 4 heteroatoms. The molecule has 0 aliphatic rings. The lowest BCUT2D eigenvalue weighted by atomic mass is 10.1. The van der Waals surface area contributed by atoms with Crippen LogP contribution in [0.1, 0.15) is 22.3 Å². The van der Waals surface area contributed by atoms with Gasteiger partial charge in [0, 0.05) is 6.42 Å². The third-order valence-corrected chi connectivity index (χ3v) is 2.14. The molecule has 0 aromatic heterocycles. The van der Waals surface area contributed by atoms with E-state index in [1.807, 2.05) is 0 Å². The van der Waals surface area contributed by atoms with Crippen molar-refractivity contribution in [3.05, 3.63) is 34.3 Å². The Morgan fingerprint density at radius 3 is 2.79 bits per heavy atom. The Morgan fingerprint density at radius 1 is 1.50 bits per heavy atom. The molecule has 0 aliphatic heterocycles. The van der Waals surface area contributed by atoms with Crippen LogP contribution in [-0.4, -0.2) is 17.4 Å². The summed E-state index contributed by atoms with van der Waals surface area (Å²) in [4.78, 5) is 20.8. The maximum Gasteiger partial charge on any atom is 0.337 e. The predicted octanol–water partition coefficient (Wildman–Crippen LogP) is 2.17. The summed E-state index contributed by atoms with van der Waals surface area (Å²) in [5.74, 6) is -1.05. The standard InChI is InChI=1S/C10H9ClO3/c11-9-4-3-7(2-1-5-12)6-8(9)10(13)14/h3-6H,1-2H2,(H,13,14). The molecular formula is C10H9ClO3. The van der Waals surface area contributed by atoms with E-state index in [2.05, 4.69) is 0 Å². The van der Waals surface area contributed by atoms with Gasteiger partial charge in [-0.1, -0.05) is 17.7 Å². The van der Waals surface area contributed by atoms with Crippen molar-refractivity contribution in [2.24, 2.45) is 0 Å². The lowest BCUT2D eigenvalue weighted by molar-refractivity contribution is -0.107. The number of carboxylic acid groups (broad SMARTS) is 1. The average molecular weight is 213 g/mol. The quantitative estimate of drug-likeness (QED) is 0.779. The number of aryl methyl sites for hydroxylation is 1. The summed E-state index contributed by atoms with van der Waals surface area (Å²) in [5, 5.41) is 8.98. The topological polar surface area (TPSA) is 54.4 Å². The van der Waals surface area contributed by atoms with Crippen molar-refractivity contribution in [3.63, 3.8) is 0 Å². The second-order valence-electron chi connectivity index (χ2n) is 2.82. The maximum absolute atomic E-state index is 10.7. The smallest absolute Gasteiger partial charge is 0.337 e. The Labute approximate surface area is 86.3 Å². The van der Waals surface area contributed by atoms with E-state index in [-0.39, 0.29) is 10.6 Å². The van der Waals surface area contributed by atoms with Gasteiger partial charge in [-0.25, -0.2) is 4.79 Å². The molecule has 1 aromatic rings. The minimum atomic E-state index is -1.05. The highest BCUT2D eigenvalue weighted by atomic mass is 35.5. The third-order valence-electron chi connectivity index (χ3n) is 1.81. The SMILES string of the molecule is O=CCCc1ccc(Cl)c(C(=O)O)c1. The normalized spacial score (nSPS) is 9.79. The van der Waals surface area contributed by atoms with Gasteiger partial charge >= 0.3 is 5.97 Å². The van der Waals surface area contributed by atoms with E-state index in [0.29, 0.717) is 12.8 Å². The number of hydrogen-bond donors (Lipinski definition) is 1. The van der Waals surface area contributed by atoms with Gasteiger partial charge in [0.1, 0.15) is 6.29 Å². The Bertz CT molecular complexity index is 360. The van der Waals surface area contributed by atoms with Crippen LogP contribution < -0.4 is 0 Å². The van der Waals surface area contributed by atoms with Gasteiger partial charge in [-0.2, -0.15) is 0 Å². The lowest BCUT2D eigenvalue weighted by Crippen LogP contribution is -1.99. The van der Waals surface area contributed by atoms with E-state index in [9.17, 15) is 9.59 Å². The number of halogens is 1. The first-order valence-corrected chi connectivity index (χ1v) is 4.48. The third kappa shape index (κ3) is 2.57. The van der Waals surface area contributed by atoms with Crippen LogP contribution in [0.3, 0.4) is 0 Å². The molecule has 3 nitrogen and oxygen atoms in total. The molecular weight excluding hydrogens is 204 g/mol. The van der Waals surface area contributed by atoms with E-state index in [4.69, 9.17) is 16.7 Å². The van der Waals surface area contributed by atoms with Crippen LogP contribution in [0.25, 0.3) is 0 Å². The van der Waals surface area contributed by atoms with Gasteiger partial charge in [0.2, 0.25) is 0 Å². The van der Waals surface area contributed by atoms with Gasteiger partial charge < -0.3 is 9.90 Å². The first kappa shape index (κ1) is 10.7. The number of rotatable bonds is 4. The molecule has 0 fully saturated rings. The van der Waals surface area contributed by atoms with E-state index in [1.54, 1.807) is 6.07 Å². The molecule has 1 aromatic carbocycles. The summed E-state index contributed by atoms with van der Waals surface area (Å²) in [6, 6.07) is 4.75. The molecule has 14 heavy (non-hydrogen) atoms. The largest absolute Gasteiger partial charge is 0.478 e. The highest BCUT2D eigenvalue weighted by Gasteiger charge is 2.08. The Morgan fingerprint density at radius 2 is 2.21 bits per heavy atom. The predicted molar refractivity (Wildman–Crippen MR) is 52.8 cm³/mol. The van der Waals surface area contributed by atoms with Crippen molar-refractivity contribution in [2.75, 3.05) is 0 Å². The molecule has 1 rings (SSSR count). The zero-order chi connectivity index (χ0) is 10.6. The van der Waals surface area contributed by atoms with Gasteiger partial charge in [-0.3, -0.25) is 0 Å². The molecule has 0 atom stereocenters. The van der Waals surface area contributed by atoms with Crippen LogP contribution in [0, 0.1) is 0 Å². The highest BCUT2D eigenvalue weighted by Crippen LogP contribution is 2.18. The first-order chi connectivity index (χ1) is 6.65. The Hall–Kier alpha value is -1.35. The summed E-state index contributed by atoms with van der Waals surface area (Å²) in [5.41, 5.74) is 0.883. The number of benzene rings is 1. The molecule has 0 spiro atoms. The molecule has 0 bridgehead atoms. The number of carbonyl (C=O) groups is 2. The zero-order valence-electron chi connectivity index (χ0n) is 7.37. The van der Waals surface area contributed by atoms with E-state index < -0.39 is 5.97 Å². The molecule has 0 radical (unpaired) electrons. The number of carbonyl (C=O) groups excluding carboxylic acids is 1. The maximum atomic E-state index is 10.7. The van der Waals surface area contributed by atoms with Crippen LogP contribution in [0.4, 0.5) is 0 Å². The summed E-state index contributed by atoms with van der Waals surface area (Å²) in [6.45, 7) is 0. The molecule has 0 aliphatic carbocycles. The second kappa shape index (κ2) is 4.77. The number of aldehydes is 1. The first-order valence-electron chi connectivity index (χ1n) is 4.10. The minimum absolute atomic E-state index is 0.0788. The molecule has 1 N–H and O–H groups in total. The van der Waals surface area contributed by atoms with E-state index in [1.165, 1.54) is 12.1 Å². The Balaban J connectivity index is 2.94. The van der Waals surface area contributed by atoms with Crippen molar-refractivity contribution < 1.29 is 14.7 Å². The molecule has 0 amide bonds. The van der Waals surface area contributed by atoms with Gasteiger partial charge in [-0.15, -0.1) is 0 Å². The number of carboxylic acids is 1. The molecule has 0 heterocycles. The van der Waals surface area contributed by atoms with Gasteiger partial charge in [0.15, 0.2) is 0 Å². The fourth-order valence-corrected chi connectivity index (χ4v) is 1.32. The van der Waals surface area contributed by atoms with Crippen molar-refractivity contribution in [1.29, 1.82) is 0 Å². The van der Waals surface area contributed by atoms with E-state index in [0.717, 1.165) is 11.8 Å². The van der Waals surface area contributed by atoms with Crippen LogP contribution in [0.15, 0.2) is 18.2 Å². The minimum Gasteiger partial charge on any atom is -0.478 e. The van der Waals surface area contributed by atoms with Crippen LogP contribution in [0.5, 0.6) is 0 Å². The summed E-state index contributed by atoms with van der Waals surface area (Å²) in [6.07, 6.45) is 1.73. The van der Waals surface area contributed by atoms with Crippen molar-refractivity contribution in [2.45, 2.75) is 12.8 Å². The number of hydrogen-bond acceptors (Lipinski definition) is 2. The Kier molecular flexibility index (Phi) is 3.65. The van der Waals surface area contributed by atoms with Crippen LogP contribution >= 0.6 is 11.6 Å². The summed E-state index contributed by atoms with van der Waals surface area (Å²) >= 11 is 5.67. The fraction of sp³-hybridized carbons (Fsp3) is 0.200. The molecule has 0 saturated carbocycles. The van der Waals surface area contributed by atoms with Crippen molar-refractivity contribution in [1.82, 2.24) is 0 Å². The molecule has 74 valence electrons. The average Bonchev–Trinajstić information content (AvgIpc) is 2.16. The zero-order valence-corrected chi connectivity index (χ0v) is 8.12. The van der Waals surface area contributed by atoms with E-state index >= 15 is 0 Å². The monoisotopic (exact) mass is 212 g/mol. The van der Waals surface area contributed by atoms with Crippen LogP contribution in [0.2, 0.25) is 5.02 Å². The van der Waals surface area contributed by atoms with Gasteiger partial charge in [0.25, 0.3) is 0 Å². The van der Waals surface area contributed by atoms with Gasteiger partial charge in [-0.05, 0) is 24.1 Å². The highest BCUT2D eigenvalue weighted by molar-refractivity contribution is 6.33. The van der Waals surface area contributed by atoms with Gasteiger partial charge in [0.05, 0.1) is 10.6 Å². The van der Waals surface area contributed by atoms with Crippen molar-refractivity contribution >= 4 is 23.9 Å². The molecule has 0 saturated heterocycles. The number of aromatic carboxylic acids is 1. The lowest BCUT2D eigenvalue weighted by Gasteiger charge is -2.02. The summed E-state index contributed by atoms with van der Waals surface area (Å²) in [7, 11) is 0. The van der Waals surface area contributed by atoms with Crippen molar-refractivity contribution in [3.8, 4) is 0 Å². The summed E-state index contributed by atoms with van der Waals surface area (Å²) < 4.78 is 0. The van der Waals surface area contributed by atoms with Crippen LogP contribution in [-0.2, 0) is 11.2 Å².